The van der Waals surface area contributed by atoms with Crippen molar-refractivity contribution < 1.29 is 9.85 Å². The third kappa shape index (κ3) is 2.53. The maximum atomic E-state index is 11.1. The molecule has 2 aromatic carbocycles. The van der Waals surface area contributed by atoms with Crippen molar-refractivity contribution in [2.75, 3.05) is 5.32 Å². The van der Waals surface area contributed by atoms with E-state index in [1.165, 1.54) is 18.2 Å². The average molecular weight is 337 g/mol. The number of benzene rings is 2. The molecule has 0 aromatic heterocycles. The minimum Gasteiger partial charge on any atom is -0.378 e. The zero-order chi connectivity index (χ0) is 17.6. The molecule has 3 atom stereocenters. The fourth-order valence-electron chi connectivity index (χ4n) is 3.83. The third-order valence-electron chi connectivity index (χ3n) is 5.02. The Hall–Kier alpha value is -3.22. The van der Waals surface area contributed by atoms with Gasteiger partial charge in [0.05, 0.1) is 15.9 Å². The minimum atomic E-state index is -0.410. The van der Waals surface area contributed by atoms with E-state index >= 15 is 0 Å². The van der Waals surface area contributed by atoms with Crippen molar-refractivity contribution in [2.45, 2.75) is 18.4 Å². The van der Waals surface area contributed by atoms with Crippen molar-refractivity contribution in [3.8, 4) is 0 Å². The van der Waals surface area contributed by atoms with Crippen molar-refractivity contribution in [1.29, 1.82) is 0 Å². The molecule has 1 heterocycles. The van der Waals surface area contributed by atoms with E-state index in [1.54, 1.807) is 24.3 Å². The normalized spacial score (nSPS) is 23.4. The van der Waals surface area contributed by atoms with Gasteiger partial charge in [0.2, 0.25) is 0 Å². The number of fused-ring (bicyclic) bond motifs is 3. The Labute approximate surface area is 143 Å². The SMILES string of the molecule is O=[N+]([O-])c1ccc([C@H]2Nc3ccc([N+](=O)[O-])cc3[C@@H]3C=CC[C@H]23)cc1. The Morgan fingerprint density at radius 3 is 2.32 bits per heavy atom. The monoisotopic (exact) mass is 337 g/mol. The first kappa shape index (κ1) is 15.3. The van der Waals surface area contributed by atoms with Gasteiger partial charge in [-0.1, -0.05) is 24.3 Å². The molecule has 0 fully saturated rings. The summed E-state index contributed by atoms with van der Waals surface area (Å²) in [5.74, 6) is 0.340. The molecule has 25 heavy (non-hydrogen) atoms. The average Bonchev–Trinajstić information content (AvgIpc) is 3.10. The van der Waals surface area contributed by atoms with Crippen LogP contribution in [0.1, 0.15) is 29.5 Å². The number of non-ortho nitro benzene ring substituents is 2. The summed E-state index contributed by atoms with van der Waals surface area (Å²) >= 11 is 0. The molecule has 1 aliphatic carbocycles. The Bertz CT molecular complexity index is 892. The Morgan fingerprint density at radius 2 is 1.64 bits per heavy atom. The summed E-state index contributed by atoms with van der Waals surface area (Å²) in [6.07, 6.45) is 5.07. The number of nitro benzene ring substituents is 2. The zero-order valence-corrected chi connectivity index (χ0v) is 13.2. The maximum absolute atomic E-state index is 11.1. The molecule has 0 saturated carbocycles. The number of anilines is 1. The first-order valence-corrected chi connectivity index (χ1v) is 8.00. The minimum absolute atomic E-state index is 0.00904. The molecule has 4 rings (SSSR count). The van der Waals surface area contributed by atoms with E-state index in [2.05, 4.69) is 17.5 Å². The molecule has 0 amide bonds. The Morgan fingerprint density at radius 1 is 0.960 bits per heavy atom. The number of hydrogen-bond acceptors (Lipinski definition) is 5. The lowest BCUT2D eigenvalue weighted by Crippen LogP contribution is -2.29. The van der Waals surface area contributed by atoms with Crippen molar-refractivity contribution in [1.82, 2.24) is 0 Å². The molecule has 0 spiro atoms. The predicted molar refractivity (Wildman–Crippen MR) is 92.5 cm³/mol. The van der Waals surface area contributed by atoms with Gasteiger partial charge < -0.3 is 5.32 Å². The van der Waals surface area contributed by atoms with Gasteiger partial charge in [0.1, 0.15) is 0 Å². The van der Waals surface area contributed by atoms with E-state index in [-0.39, 0.29) is 34.2 Å². The third-order valence-corrected chi connectivity index (χ3v) is 5.02. The van der Waals surface area contributed by atoms with Crippen molar-refractivity contribution in [3.63, 3.8) is 0 Å². The molecule has 7 nitrogen and oxygen atoms in total. The maximum Gasteiger partial charge on any atom is 0.269 e. The summed E-state index contributed by atoms with van der Waals surface area (Å²) < 4.78 is 0. The van der Waals surface area contributed by atoms with Gasteiger partial charge in [-0.05, 0) is 29.5 Å². The fourth-order valence-corrected chi connectivity index (χ4v) is 3.83. The van der Waals surface area contributed by atoms with Crippen LogP contribution in [-0.2, 0) is 0 Å². The number of nitro groups is 2. The van der Waals surface area contributed by atoms with E-state index in [9.17, 15) is 20.2 Å². The number of nitrogens with one attached hydrogen (secondary N) is 1. The van der Waals surface area contributed by atoms with Crippen LogP contribution in [0.3, 0.4) is 0 Å². The second kappa shape index (κ2) is 5.70. The molecule has 126 valence electrons. The van der Waals surface area contributed by atoms with Gasteiger partial charge in [-0.3, -0.25) is 20.2 Å². The van der Waals surface area contributed by atoms with Gasteiger partial charge in [-0.2, -0.15) is 0 Å². The summed E-state index contributed by atoms with van der Waals surface area (Å²) in [7, 11) is 0. The lowest BCUT2D eigenvalue weighted by Gasteiger charge is -2.37. The Kier molecular flexibility index (Phi) is 3.49. The highest BCUT2D eigenvalue weighted by atomic mass is 16.6. The molecular weight excluding hydrogens is 322 g/mol. The van der Waals surface area contributed by atoms with E-state index < -0.39 is 4.92 Å². The van der Waals surface area contributed by atoms with Crippen LogP contribution in [-0.4, -0.2) is 9.85 Å². The highest BCUT2D eigenvalue weighted by molar-refractivity contribution is 5.63. The molecule has 1 N–H and O–H groups in total. The molecule has 2 aliphatic rings. The predicted octanol–water partition coefficient (Wildman–Crippen LogP) is 4.33. The van der Waals surface area contributed by atoms with Crippen LogP contribution in [0.4, 0.5) is 17.1 Å². The number of nitrogens with zero attached hydrogens (tertiary/aromatic N) is 2. The van der Waals surface area contributed by atoms with Crippen molar-refractivity contribution >= 4 is 17.1 Å². The van der Waals surface area contributed by atoms with Gasteiger partial charge in [-0.25, -0.2) is 0 Å². The van der Waals surface area contributed by atoms with Gasteiger partial charge in [0.25, 0.3) is 11.4 Å². The smallest absolute Gasteiger partial charge is 0.269 e. The standard InChI is InChI=1S/C18H15N3O4/c22-20(23)12-6-4-11(5-7-12)18-15-3-1-2-14(15)16-10-13(21(24)25)8-9-17(16)19-18/h1-2,4-10,14-15,18-19H,3H2/t14-,15+,18-/m1/s1. The largest absolute Gasteiger partial charge is 0.378 e. The molecule has 7 heteroatoms. The van der Waals surface area contributed by atoms with Crippen LogP contribution in [0.5, 0.6) is 0 Å². The van der Waals surface area contributed by atoms with Crippen LogP contribution < -0.4 is 5.32 Å². The second-order valence-corrected chi connectivity index (χ2v) is 6.35. The summed E-state index contributed by atoms with van der Waals surface area (Å²) in [5, 5.41) is 25.4. The first-order valence-electron chi connectivity index (χ1n) is 8.00. The van der Waals surface area contributed by atoms with Crippen LogP contribution >= 0.6 is 0 Å². The fraction of sp³-hybridized carbons (Fsp3) is 0.222. The van der Waals surface area contributed by atoms with Crippen LogP contribution in [0.15, 0.2) is 54.6 Å². The quantitative estimate of drug-likeness (QED) is 0.510. The lowest BCUT2D eigenvalue weighted by atomic mass is 9.77. The summed E-state index contributed by atoms with van der Waals surface area (Å²) in [5.41, 5.74) is 2.95. The highest BCUT2D eigenvalue weighted by Gasteiger charge is 2.38. The number of hydrogen-bond donors (Lipinski definition) is 1. The van der Waals surface area contributed by atoms with Crippen molar-refractivity contribution in [3.05, 3.63) is 86.0 Å². The molecule has 1 aliphatic heterocycles. The van der Waals surface area contributed by atoms with E-state index in [1.807, 2.05) is 0 Å². The van der Waals surface area contributed by atoms with Gasteiger partial charge in [0.15, 0.2) is 0 Å². The molecule has 0 saturated heterocycles. The summed E-state index contributed by atoms with van der Waals surface area (Å²) in [4.78, 5) is 21.1. The van der Waals surface area contributed by atoms with Gasteiger partial charge in [-0.15, -0.1) is 0 Å². The molecule has 0 radical (unpaired) electrons. The number of allylic oxidation sites excluding steroid dienone is 2. The Balaban J connectivity index is 1.72. The van der Waals surface area contributed by atoms with Crippen LogP contribution in [0.25, 0.3) is 0 Å². The van der Waals surface area contributed by atoms with Gasteiger partial charge >= 0.3 is 0 Å². The topological polar surface area (TPSA) is 98.3 Å². The van der Waals surface area contributed by atoms with Crippen molar-refractivity contribution in [2.24, 2.45) is 5.92 Å². The van der Waals surface area contributed by atoms with E-state index in [0.29, 0.717) is 0 Å². The van der Waals surface area contributed by atoms with Crippen LogP contribution in [0, 0.1) is 26.1 Å². The summed E-state index contributed by atoms with van der Waals surface area (Å²) in [6.45, 7) is 0. The number of rotatable bonds is 3. The van der Waals surface area contributed by atoms with Gasteiger partial charge in [0, 0.05) is 35.9 Å². The molecule has 0 unspecified atom stereocenters. The molecular formula is C18H15N3O4. The van der Waals surface area contributed by atoms with Crippen LogP contribution in [0.2, 0.25) is 0 Å². The molecule has 2 aromatic rings. The second-order valence-electron chi connectivity index (χ2n) is 6.35. The zero-order valence-electron chi connectivity index (χ0n) is 13.2. The van der Waals surface area contributed by atoms with E-state index in [4.69, 9.17) is 0 Å². The summed E-state index contributed by atoms with van der Waals surface area (Å²) in [6, 6.07) is 11.5. The van der Waals surface area contributed by atoms with E-state index in [0.717, 1.165) is 23.2 Å². The first-order chi connectivity index (χ1) is 12.0. The molecule has 0 bridgehead atoms. The highest BCUT2D eigenvalue weighted by Crippen LogP contribution is 2.50. The lowest BCUT2D eigenvalue weighted by molar-refractivity contribution is -0.385.